The predicted molar refractivity (Wildman–Crippen MR) is 149 cm³/mol. The fraction of sp³-hybridized carbons (Fsp3) is 0.562. The lowest BCUT2D eigenvalue weighted by molar-refractivity contribution is -0.158. The van der Waals surface area contributed by atoms with Gasteiger partial charge in [-0.3, -0.25) is 14.5 Å². The van der Waals surface area contributed by atoms with Gasteiger partial charge in [-0.25, -0.2) is 0 Å². The van der Waals surface area contributed by atoms with Gasteiger partial charge in [0.2, 0.25) is 5.91 Å². The summed E-state index contributed by atoms with van der Waals surface area (Å²) in [5, 5.41) is 3.04. The number of hydrogen-bond acceptors (Lipinski definition) is 4. The van der Waals surface area contributed by atoms with Crippen LogP contribution in [-0.4, -0.2) is 42.5 Å². The average molecular weight is 613 g/mol. The minimum absolute atomic E-state index is 0.0639. The van der Waals surface area contributed by atoms with Crippen molar-refractivity contribution in [2.24, 2.45) is 5.41 Å². The maximum Gasteiger partial charge on any atom is 0.416 e. The summed E-state index contributed by atoms with van der Waals surface area (Å²) in [4.78, 5) is 28.6. The highest BCUT2D eigenvalue weighted by molar-refractivity contribution is 5.84. The largest absolute Gasteiger partial charge is 0.466 e. The Hall–Kier alpha value is -3.08. The molecule has 4 rings (SSSR count). The molecule has 2 aromatic rings. The summed E-state index contributed by atoms with van der Waals surface area (Å²) >= 11 is 0. The molecule has 1 aliphatic carbocycles. The van der Waals surface area contributed by atoms with Gasteiger partial charge in [-0.05, 0) is 95.2 Å². The average Bonchev–Trinajstić information content (AvgIpc) is 2.96. The SMILES string of the molecule is CCOC(=O)[C@]1(C)CCCN([C@H]2CC[C@](NC(=O)[C@H](C)c3cc(C(F)(F)F)cc(C(F)(F)F)c3)(c3ccccc3)CC2)C1. The number of carbonyl (C=O) groups is 2. The lowest BCUT2D eigenvalue weighted by atomic mass is 9.73. The van der Waals surface area contributed by atoms with Crippen LogP contribution in [0, 0.1) is 5.41 Å². The number of ether oxygens (including phenoxy) is 1. The van der Waals surface area contributed by atoms with Gasteiger partial charge in [-0.1, -0.05) is 30.3 Å². The van der Waals surface area contributed by atoms with E-state index in [9.17, 15) is 35.9 Å². The molecule has 43 heavy (non-hydrogen) atoms. The molecule has 1 amide bonds. The molecule has 1 saturated heterocycles. The maximum absolute atomic E-state index is 13.6. The number of nitrogens with zero attached hydrogens (tertiary/aromatic N) is 1. The van der Waals surface area contributed by atoms with Crippen LogP contribution >= 0.6 is 0 Å². The summed E-state index contributed by atoms with van der Waals surface area (Å²) in [6, 6.07) is 10.7. The van der Waals surface area contributed by atoms with E-state index in [1.165, 1.54) is 6.92 Å². The lowest BCUT2D eigenvalue weighted by Crippen LogP contribution is -2.55. The van der Waals surface area contributed by atoms with Crippen molar-refractivity contribution in [1.29, 1.82) is 0 Å². The molecule has 1 saturated carbocycles. The molecule has 0 radical (unpaired) electrons. The van der Waals surface area contributed by atoms with E-state index in [0.29, 0.717) is 51.0 Å². The van der Waals surface area contributed by atoms with E-state index in [4.69, 9.17) is 4.74 Å². The van der Waals surface area contributed by atoms with Crippen LogP contribution in [0.25, 0.3) is 0 Å². The van der Waals surface area contributed by atoms with Gasteiger partial charge in [-0.2, -0.15) is 26.3 Å². The van der Waals surface area contributed by atoms with Crippen molar-refractivity contribution < 1.29 is 40.7 Å². The number of piperidine rings is 1. The third kappa shape index (κ3) is 7.36. The number of hydrogen-bond donors (Lipinski definition) is 1. The Balaban J connectivity index is 1.56. The standard InChI is InChI=1S/C32H38F6N2O3/c1-4-43-28(42)29(3)13-8-16-40(20-29)26-11-14-30(15-12-26,23-9-6-5-7-10-23)39-27(41)21(2)22-17-24(31(33,34)35)19-25(18-22)32(36,37)38/h5-7,9-10,17-19,21,26H,4,8,11-16,20H2,1-3H3,(H,39,41)/t21-,26-,29-,30+/m1/s1. The van der Waals surface area contributed by atoms with E-state index in [0.717, 1.165) is 24.9 Å². The third-order valence-corrected chi connectivity index (χ3v) is 9.01. The van der Waals surface area contributed by atoms with E-state index in [-0.39, 0.29) is 23.6 Å². The Morgan fingerprint density at radius 3 is 2.09 bits per heavy atom. The number of amides is 1. The smallest absolute Gasteiger partial charge is 0.416 e. The normalized spacial score (nSPS) is 26.0. The Morgan fingerprint density at radius 2 is 1.56 bits per heavy atom. The van der Waals surface area contributed by atoms with Crippen molar-refractivity contribution in [2.45, 2.75) is 89.1 Å². The second kappa shape index (κ2) is 12.5. The Morgan fingerprint density at radius 1 is 0.977 bits per heavy atom. The van der Waals surface area contributed by atoms with E-state index in [1.807, 2.05) is 37.3 Å². The highest BCUT2D eigenvalue weighted by Crippen LogP contribution is 2.43. The summed E-state index contributed by atoms with van der Waals surface area (Å²) in [7, 11) is 0. The van der Waals surface area contributed by atoms with Gasteiger partial charge < -0.3 is 10.1 Å². The number of rotatable bonds is 7. The molecule has 2 aromatic carbocycles. The van der Waals surface area contributed by atoms with Crippen LogP contribution in [0.4, 0.5) is 26.3 Å². The van der Waals surface area contributed by atoms with Crippen LogP contribution in [0.2, 0.25) is 0 Å². The second-order valence-corrected chi connectivity index (χ2v) is 12.1. The second-order valence-electron chi connectivity index (χ2n) is 12.1. The number of halogens is 6. The minimum Gasteiger partial charge on any atom is -0.466 e. The summed E-state index contributed by atoms with van der Waals surface area (Å²) < 4.78 is 86.2. The zero-order valence-electron chi connectivity index (χ0n) is 24.6. The first-order chi connectivity index (χ1) is 20.1. The van der Waals surface area contributed by atoms with E-state index in [2.05, 4.69) is 10.2 Å². The Labute approximate surface area is 248 Å². The van der Waals surface area contributed by atoms with E-state index in [1.54, 1.807) is 6.92 Å². The van der Waals surface area contributed by atoms with Crippen LogP contribution < -0.4 is 5.32 Å². The zero-order chi connectivity index (χ0) is 31.6. The number of alkyl halides is 6. The minimum atomic E-state index is -5.01. The van der Waals surface area contributed by atoms with Crippen LogP contribution in [0.5, 0.6) is 0 Å². The van der Waals surface area contributed by atoms with Crippen molar-refractivity contribution in [2.75, 3.05) is 19.7 Å². The number of carbonyl (C=O) groups excluding carboxylic acids is 2. The number of esters is 1. The summed E-state index contributed by atoms with van der Waals surface area (Å²) in [5.74, 6) is -2.13. The van der Waals surface area contributed by atoms with Gasteiger partial charge in [0.25, 0.3) is 0 Å². The number of benzene rings is 2. The molecule has 5 nitrogen and oxygen atoms in total. The summed E-state index contributed by atoms with van der Waals surface area (Å²) in [6.07, 6.45) is -6.02. The van der Waals surface area contributed by atoms with Gasteiger partial charge in [0, 0.05) is 12.6 Å². The molecule has 1 N–H and O–H groups in total. The summed E-state index contributed by atoms with van der Waals surface area (Å²) in [5.41, 5.74) is -3.89. The molecule has 0 aromatic heterocycles. The molecule has 236 valence electrons. The first-order valence-electron chi connectivity index (χ1n) is 14.7. The Kier molecular flexibility index (Phi) is 9.54. The van der Waals surface area contributed by atoms with Crippen molar-refractivity contribution in [1.82, 2.24) is 10.2 Å². The van der Waals surface area contributed by atoms with Crippen molar-refractivity contribution in [3.05, 3.63) is 70.8 Å². The molecule has 0 bridgehead atoms. The molecule has 1 aliphatic heterocycles. The quantitative estimate of drug-likeness (QED) is 0.261. The molecule has 2 atom stereocenters. The van der Waals surface area contributed by atoms with Gasteiger partial charge in [0.1, 0.15) is 0 Å². The van der Waals surface area contributed by atoms with Gasteiger partial charge in [0.05, 0.1) is 34.6 Å². The first-order valence-corrected chi connectivity index (χ1v) is 14.7. The van der Waals surface area contributed by atoms with Gasteiger partial charge >= 0.3 is 18.3 Å². The van der Waals surface area contributed by atoms with Crippen LogP contribution in [0.15, 0.2) is 48.5 Å². The van der Waals surface area contributed by atoms with Crippen LogP contribution in [0.1, 0.15) is 87.5 Å². The number of likely N-dealkylation sites (tertiary alicyclic amines) is 1. The molecule has 2 aliphatic rings. The molecule has 0 unspecified atom stereocenters. The van der Waals surface area contributed by atoms with Crippen LogP contribution in [0.3, 0.4) is 0 Å². The lowest BCUT2D eigenvalue weighted by Gasteiger charge is -2.48. The fourth-order valence-corrected chi connectivity index (χ4v) is 6.49. The monoisotopic (exact) mass is 612 g/mol. The molecule has 0 spiro atoms. The molecule has 11 heteroatoms. The van der Waals surface area contributed by atoms with Crippen molar-refractivity contribution in [3.63, 3.8) is 0 Å². The fourth-order valence-electron chi connectivity index (χ4n) is 6.49. The third-order valence-electron chi connectivity index (χ3n) is 9.01. The maximum atomic E-state index is 13.6. The van der Waals surface area contributed by atoms with Crippen LogP contribution in [-0.2, 0) is 32.2 Å². The molecular formula is C32H38F6N2O3. The van der Waals surface area contributed by atoms with Gasteiger partial charge in [0.15, 0.2) is 0 Å². The van der Waals surface area contributed by atoms with Crippen molar-refractivity contribution in [3.8, 4) is 0 Å². The van der Waals surface area contributed by atoms with Crippen molar-refractivity contribution >= 4 is 11.9 Å². The Bertz CT molecular complexity index is 1260. The topological polar surface area (TPSA) is 58.6 Å². The highest BCUT2D eigenvalue weighted by atomic mass is 19.4. The summed E-state index contributed by atoms with van der Waals surface area (Å²) in [6.45, 7) is 6.73. The molecular weight excluding hydrogens is 574 g/mol. The zero-order valence-corrected chi connectivity index (χ0v) is 24.6. The molecule has 1 heterocycles. The first kappa shape index (κ1) is 32.8. The van der Waals surface area contributed by atoms with Gasteiger partial charge in [-0.15, -0.1) is 0 Å². The predicted octanol–water partition coefficient (Wildman–Crippen LogP) is 7.45. The number of nitrogens with one attached hydrogen (secondary N) is 1. The van der Waals surface area contributed by atoms with E-state index >= 15 is 0 Å². The highest BCUT2D eigenvalue weighted by Gasteiger charge is 2.45. The molecule has 2 fully saturated rings. The van der Waals surface area contributed by atoms with E-state index < -0.39 is 46.3 Å².